The molecule has 5 nitrogen and oxygen atoms in total. The van der Waals surface area contributed by atoms with Crippen molar-refractivity contribution < 1.29 is 4.74 Å². The molecule has 0 aromatic carbocycles. The summed E-state index contributed by atoms with van der Waals surface area (Å²) < 4.78 is 5.04. The van der Waals surface area contributed by atoms with Crippen molar-refractivity contribution in [1.29, 1.82) is 0 Å². The Bertz CT molecular complexity index is 533. The van der Waals surface area contributed by atoms with Crippen LogP contribution in [-0.4, -0.2) is 55.3 Å². The van der Waals surface area contributed by atoms with Gasteiger partial charge < -0.3 is 15.0 Å². The Hall–Kier alpha value is -0.950. The molecule has 0 aliphatic rings. The Morgan fingerprint density at radius 2 is 2.26 bits per heavy atom. The van der Waals surface area contributed by atoms with Crippen LogP contribution >= 0.6 is 22.9 Å². The van der Waals surface area contributed by atoms with E-state index in [1.165, 1.54) is 0 Å². The Morgan fingerprint density at radius 1 is 1.42 bits per heavy atom. The first-order chi connectivity index (χ1) is 9.20. The van der Waals surface area contributed by atoms with E-state index in [4.69, 9.17) is 16.3 Å². The monoisotopic (exact) mass is 300 g/mol. The van der Waals surface area contributed by atoms with E-state index < -0.39 is 0 Å². The molecule has 0 radical (unpaired) electrons. The third kappa shape index (κ3) is 4.01. The summed E-state index contributed by atoms with van der Waals surface area (Å²) >= 11 is 7.47. The average molecular weight is 301 g/mol. The van der Waals surface area contributed by atoms with E-state index in [-0.39, 0.29) is 5.28 Å². The zero-order valence-electron chi connectivity index (χ0n) is 11.0. The van der Waals surface area contributed by atoms with Gasteiger partial charge in [0, 0.05) is 26.7 Å². The number of fused-ring (bicyclic) bond motifs is 1. The van der Waals surface area contributed by atoms with E-state index in [1.807, 2.05) is 11.4 Å². The number of nitrogens with zero attached hydrogens (tertiary/aromatic N) is 3. The van der Waals surface area contributed by atoms with Gasteiger partial charge in [0.2, 0.25) is 5.28 Å². The molecule has 0 saturated carbocycles. The largest absolute Gasteiger partial charge is 0.383 e. The summed E-state index contributed by atoms with van der Waals surface area (Å²) in [5.41, 5.74) is 0. The van der Waals surface area contributed by atoms with E-state index >= 15 is 0 Å². The van der Waals surface area contributed by atoms with Gasteiger partial charge in [-0.15, -0.1) is 11.3 Å². The summed E-state index contributed by atoms with van der Waals surface area (Å²) in [4.78, 5) is 11.5. The molecule has 0 fully saturated rings. The van der Waals surface area contributed by atoms with Crippen LogP contribution in [0.1, 0.15) is 0 Å². The van der Waals surface area contributed by atoms with E-state index in [1.54, 1.807) is 18.4 Å². The average Bonchev–Trinajstić information content (AvgIpc) is 2.84. The molecule has 0 aliphatic carbocycles. The Morgan fingerprint density at radius 3 is 3.05 bits per heavy atom. The van der Waals surface area contributed by atoms with E-state index in [0.29, 0.717) is 0 Å². The van der Waals surface area contributed by atoms with E-state index in [0.717, 1.165) is 42.3 Å². The Labute approximate surface area is 121 Å². The lowest BCUT2D eigenvalue weighted by Gasteiger charge is -2.16. The van der Waals surface area contributed by atoms with Crippen LogP contribution in [0.15, 0.2) is 11.4 Å². The fraction of sp³-hybridized carbons (Fsp3) is 0.500. The van der Waals surface area contributed by atoms with Crippen LogP contribution in [0.25, 0.3) is 10.2 Å². The number of hydrogen-bond acceptors (Lipinski definition) is 6. The maximum absolute atomic E-state index is 5.91. The fourth-order valence-corrected chi connectivity index (χ4v) is 2.67. The Balaban J connectivity index is 1.92. The van der Waals surface area contributed by atoms with Gasteiger partial charge in [0.1, 0.15) is 10.6 Å². The molecule has 0 amide bonds. The van der Waals surface area contributed by atoms with Crippen molar-refractivity contribution in [1.82, 2.24) is 14.9 Å². The minimum absolute atomic E-state index is 0.283. The minimum Gasteiger partial charge on any atom is -0.383 e. The molecule has 0 aliphatic heterocycles. The van der Waals surface area contributed by atoms with Gasteiger partial charge in [0.15, 0.2) is 0 Å². The molecule has 2 aromatic rings. The smallest absolute Gasteiger partial charge is 0.225 e. The van der Waals surface area contributed by atoms with Crippen molar-refractivity contribution in [3.05, 3.63) is 16.7 Å². The number of thiophene rings is 1. The second kappa shape index (κ2) is 7.00. The second-order valence-corrected chi connectivity index (χ2v) is 5.44. The molecule has 2 heterocycles. The lowest BCUT2D eigenvalue weighted by atomic mass is 10.4. The quantitative estimate of drug-likeness (QED) is 0.795. The number of hydrogen-bond donors (Lipinski definition) is 1. The molecule has 7 heteroatoms. The molecule has 2 aromatic heterocycles. The first-order valence-corrected chi connectivity index (χ1v) is 7.28. The summed E-state index contributed by atoms with van der Waals surface area (Å²) in [6, 6.07) is 2.01. The zero-order chi connectivity index (χ0) is 13.7. The highest BCUT2D eigenvalue weighted by molar-refractivity contribution is 7.16. The van der Waals surface area contributed by atoms with Crippen LogP contribution in [0.4, 0.5) is 5.82 Å². The topological polar surface area (TPSA) is 50.3 Å². The number of anilines is 1. The van der Waals surface area contributed by atoms with Gasteiger partial charge in [0.25, 0.3) is 0 Å². The van der Waals surface area contributed by atoms with Crippen LogP contribution in [0, 0.1) is 0 Å². The number of aromatic nitrogens is 2. The van der Waals surface area contributed by atoms with E-state index in [2.05, 4.69) is 27.2 Å². The van der Waals surface area contributed by atoms with Crippen LogP contribution < -0.4 is 5.32 Å². The molecular weight excluding hydrogens is 284 g/mol. The van der Waals surface area contributed by atoms with Crippen LogP contribution in [0.5, 0.6) is 0 Å². The molecule has 0 spiro atoms. The third-order valence-corrected chi connectivity index (χ3v) is 3.74. The summed E-state index contributed by atoms with van der Waals surface area (Å²) in [6.07, 6.45) is 0. The van der Waals surface area contributed by atoms with Gasteiger partial charge in [-0.1, -0.05) is 0 Å². The van der Waals surface area contributed by atoms with Crippen molar-refractivity contribution in [2.75, 3.05) is 45.7 Å². The van der Waals surface area contributed by atoms with Gasteiger partial charge in [-0.2, -0.15) is 0 Å². The van der Waals surface area contributed by atoms with E-state index in [9.17, 15) is 0 Å². The van der Waals surface area contributed by atoms with Crippen LogP contribution in [0.2, 0.25) is 5.28 Å². The number of halogens is 1. The molecule has 0 bridgehead atoms. The summed E-state index contributed by atoms with van der Waals surface area (Å²) in [5.74, 6) is 0.802. The fourth-order valence-electron chi connectivity index (χ4n) is 1.69. The molecule has 19 heavy (non-hydrogen) atoms. The first kappa shape index (κ1) is 14.5. The highest BCUT2D eigenvalue weighted by Crippen LogP contribution is 2.26. The third-order valence-electron chi connectivity index (χ3n) is 2.76. The maximum Gasteiger partial charge on any atom is 0.225 e. The van der Waals surface area contributed by atoms with Gasteiger partial charge in [-0.3, -0.25) is 0 Å². The number of nitrogens with one attached hydrogen (secondary N) is 1. The van der Waals surface area contributed by atoms with Crippen molar-refractivity contribution >= 4 is 39.0 Å². The molecule has 104 valence electrons. The summed E-state index contributed by atoms with van der Waals surface area (Å²) in [6.45, 7) is 3.37. The van der Waals surface area contributed by atoms with Crippen LogP contribution in [-0.2, 0) is 4.74 Å². The van der Waals surface area contributed by atoms with Gasteiger partial charge >= 0.3 is 0 Å². The normalized spacial score (nSPS) is 11.4. The van der Waals surface area contributed by atoms with Crippen molar-refractivity contribution in [3.8, 4) is 0 Å². The standard InChI is InChI=1S/C12H17ClN4OS/c1-17(6-7-18-2)5-4-14-10-9-3-8-19-11(9)16-12(13)15-10/h3,8H,4-7H2,1-2H3,(H,14,15,16). The number of ether oxygens (including phenoxy) is 1. The predicted molar refractivity (Wildman–Crippen MR) is 80.3 cm³/mol. The zero-order valence-corrected chi connectivity index (χ0v) is 12.6. The number of rotatable bonds is 7. The molecular formula is C12H17ClN4OS. The first-order valence-electron chi connectivity index (χ1n) is 6.03. The summed E-state index contributed by atoms with van der Waals surface area (Å²) in [5, 5.41) is 6.61. The SMILES string of the molecule is COCCN(C)CCNc1nc(Cl)nc2sccc12. The summed E-state index contributed by atoms with van der Waals surface area (Å²) in [7, 11) is 3.77. The molecule has 0 atom stereocenters. The molecule has 0 saturated heterocycles. The van der Waals surface area contributed by atoms with Crippen LogP contribution in [0.3, 0.4) is 0 Å². The van der Waals surface area contributed by atoms with Crippen molar-refractivity contribution in [3.63, 3.8) is 0 Å². The predicted octanol–water partition coefficient (Wildman–Crippen LogP) is 2.33. The lowest BCUT2D eigenvalue weighted by molar-refractivity contribution is 0.163. The second-order valence-electron chi connectivity index (χ2n) is 4.20. The molecule has 2 rings (SSSR count). The van der Waals surface area contributed by atoms with Crippen molar-refractivity contribution in [2.45, 2.75) is 0 Å². The molecule has 0 unspecified atom stereocenters. The van der Waals surface area contributed by atoms with Gasteiger partial charge in [-0.25, -0.2) is 9.97 Å². The number of likely N-dealkylation sites (N-methyl/N-ethyl adjacent to an activating group) is 1. The Kier molecular flexibility index (Phi) is 5.33. The minimum atomic E-state index is 0.283. The highest BCUT2D eigenvalue weighted by Gasteiger charge is 2.07. The number of methoxy groups -OCH3 is 1. The van der Waals surface area contributed by atoms with Crippen molar-refractivity contribution in [2.24, 2.45) is 0 Å². The van der Waals surface area contributed by atoms with Gasteiger partial charge in [-0.05, 0) is 30.1 Å². The lowest BCUT2D eigenvalue weighted by Crippen LogP contribution is -2.28. The van der Waals surface area contributed by atoms with Gasteiger partial charge in [0.05, 0.1) is 12.0 Å². The molecule has 1 N–H and O–H groups in total. The maximum atomic E-state index is 5.91. The highest BCUT2D eigenvalue weighted by atomic mass is 35.5.